The normalized spacial score (nSPS) is 11.6. The van der Waals surface area contributed by atoms with Crippen LogP contribution in [0.2, 0.25) is 0 Å². The second kappa shape index (κ2) is 7.40. The molecule has 2 rings (SSSR count). The summed E-state index contributed by atoms with van der Waals surface area (Å²) in [6.45, 7) is 5.71. The Balaban J connectivity index is 2.04. The van der Waals surface area contributed by atoms with Gasteiger partial charge in [0.1, 0.15) is 18.0 Å². The molecular formula is C16H21N5O. The van der Waals surface area contributed by atoms with Crippen LogP contribution in [0, 0.1) is 0 Å². The van der Waals surface area contributed by atoms with Crippen LogP contribution in [0.5, 0.6) is 0 Å². The number of hydrogen-bond donors (Lipinski definition) is 3. The molecular weight excluding hydrogens is 278 g/mol. The number of benzene rings is 1. The summed E-state index contributed by atoms with van der Waals surface area (Å²) in [7, 11) is 0. The molecule has 6 nitrogen and oxygen atoms in total. The van der Waals surface area contributed by atoms with Crippen LogP contribution in [-0.2, 0) is 4.79 Å². The summed E-state index contributed by atoms with van der Waals surface area (Å²) in [6.07, 6.45) is 2.55. The molecule has 0 aliphatic carbocycles. The summed E-state index contributed by atoms with van der Waals surface area (Å²) >= 11 is 0. The minimum Gasteiger partial charge on any atom is -0.367 e. The molecule has 6 heteroatoms. The van der Waals surface area contributed by atoms with E-state index in [9.17, 15) is 4.79 Å². The number of aromatic nitrogens is 2. The van der Waals surface area contributed by atoms with Gasteiger partial charge in [0.15, 0.2) is 0 Å². The van der Waals surface area contributed by atoms with Crippen LogP contribution in [0.25, 0.3) is 0 Å². The number of nitrogens with one attached hydrogen (secondary N) is 3. The number of nitrogens with zero attached hydrogens (tertiary/aromatic N) is 2. The molecule has 1 aromatic carbocycles. The summed E-state index contributed by atoms with van der Waals surface area (Å²) < 4.78 is 0. The van der Waals surface area contributed by atoms with E-state index in [2.05, 4.69) is 39.8 Å². The highest BCUT2D eigenvalue weighted by atomic mass is 16.1. The third kappa shape index (κ3) is 4.73. The van der Waals surface area contributed by atoms with Gasteiger partial charge in [0.25, 0.3) is 0 Å². The lowest BCUT2D eigenvalue weighted by atomic mass is 10.2. The Kier molecular flexibility index (Phi) is 5.30. The fourth-order valence-corrected chi connectivity index (χ4v) is 1.85. The van der Waals surface area contributed by atoms with Crippen molar-refractivity contribution < 1.29 is 4.79 Å². The maximum Gasteiger partial charge on any atom is 0.221 e. The Morgan fingerprint density at radius 1 is 1.14 bits per heavy atom. The first-order valence-electron chi connectivity index (χ1n) is 7.30. The topological polar surface area (TPSA) is 78.9 Å². The molecule has 1 atom stereocenters. The van der Waals surface area contributed by atoms with Crippen molar-refractivity contribution in [3.05, 3.63) is 36.7 Å². The molecule has 1 aromatic heterocycles. The monoisotopic (exact) mass is 299 g/mol. The zero-order valence-corrected chi connectivity index (χ0v) is 13.1. The summed E-state index contributed by atoms with van der Waals surface area (Å²) in [4.78, 5) is 19.4. The van der Waals surface area contributed by atoms with Crippen LogP contribution < -0.4 is 16.0 Å². The Labute approximate surface area is 130 Å². The lowest BCUT2D eigenvalue weighted by Crippen LogP contribution is -2.14. The molecule has 0 spiro atoms. The molecule has 1 heterocycles. The largest absolute Gasteiger partial charge is 0.367 e. The van der Waals surface area contributed by atoms with E-state index in [4.69, 9.17) is 0 Å². The van der Waals surface area contributed by atoms with Gasteiger partial charge in [-0.25, -0.2) is 9.97 Å². The van der Waals surface area contributed by atoms with Crippen molar-refractivity contribution in [1.82, 2.24) is 9.97 Å². The molecule has 2 aromatic rings. The van der Waals surface area contributed by atoms with E-state index in [0.717, 1.165) is 23.6 Å². The predicted octanol–water partition coefficient (Wildman–Crippen LogP) is 3.39. The summed E-state index contributed by atoms with van der Waals surface area (Å²) in [6, 6.07) is 9.67. The van der Waals surface area contributed by atoms with Crippen molar-refractivity contribution >= 4 is 28.9 Å². The van der Waals surface area contributed by atoms with E-state index in [1.165, 1.54) is 13.3 Å². The predicted molar refractivity (Wildman–Crippen MR) is 89.4 cm³/mol. The van der Waals surface area contributed by atoms with Gasteiger partial charge in [-0.3, -0.25) is 4.79 Å². The van der Waals surface area contributed by atoms with Crippen molar-refractivity contribution in [2.75, 3.05) is 16.0 Å². The van der Waals surface area contributed by atoms with Crippen LogP contribution >= 0.6 is 0 Å². The van der Waals surface area contributed by atoms with Crippen LogP contribution in [0.1, 0.15) is 27.2 Å². The quantitative estimate of drug-likeness (QED) is 0.762. The second-order valence-electron chi connectivity index (χ2n) is 5.13. The summed E-state index contributed by atoms with van der Waals surface area (Å²) in [5, 5.41) is 9.25. The van der Waals surface area contributed by atoms with Crippen molar-refractivity contribution in [3.63, 3.8) is 0 Å². The molecule has 1 amide bonds. The third-order valence-electron chi connectivity index (χ3n) is 3.15. The van der Waals surface area contributed by atoms with Gasteiger partial charge in [-0.1, -0.05) is 6.92 Å². The molecule has 22 heavy (non-hydrogen) atoms. The molecule has 0 aliphatic rings. The maximum atomic E-state index is 11.0. The van der Waals surface area contributed by atoms with Crippen molar-refractivity contribution in [1.29, 1.82) is 0 Å². The molecule has 0 saturated heterocycles. The standard InChI is InChI=1S/C16H21N5O/c1-4-11(2)19-15-9-16(18-10-17-15)21-14-7-5-13(6-8-14)20-12(3)22/h5-11H,4H2,1-3H3,(H,20,22)(H2,17,18,19,21). The molecule has 0 saturated carbocycles. The lowest BCUT2D eigenvalue weighted by Gasteiger charge is -2.13. The number of hydrogen-bond acceptors (Lipinski definition) is 5. The van der Waals surface area contributed by atoms with E-state index in [1.807, 2.05) is 30.3 Å². The highest BCUT2D eigenvalue weighted by Gasteiger charge is 2.03. The van der Waals surface area contributed by atoms with Gasteiger partial charge in [-0.15, -0.1) is 0 Å². The Bertz CT molecular complexity index is 627. The first-order valence-corrected chi connectivity index (χ1v) is 7.30. The van der Waals surface area contributed by atoms with Crippen molar-refractivity contribution in [2.45, 2.75) is 33.2 Å². The highest BCUT2D eigenvalue weighted by molar-refractivity contribution is 5.88. The molecule has 0 radical (unpaired) electrons. The van der Waals surface area contributed by atoms with Gasteiger partial charge in [0.2, 0.25) is 5.91 Å². The number of amides is 1. The molecule has 0 aliphatic heterocycles. The number of rotatable bonds is 6. The smallest absolute Gasteiger partial charge is 0.221 e. The fraction of sp³-hybridized carbons (Fsp3) is 0.312. The molecule has 0 bridgehead atoms. The Hall–Kier alpha value is -2.63. The lowest BCUT2D eigenvalue weighted by molar-refractivity contribution is -0.114. The third-order valence-corrected chi connectivity index (χ3v) is 3.15. The first-order chi connectivity index (χ1) is 10.6. The van der Waals surface area contributed by atoms with Crippen LogP contribution in [0.15, 0.2) is 36.7 Å². The van der Waals surface area contributed by atoms with E-state index >= 15 is 0 Å². The summed E-state index contributed by atoms with van der Waals surface area (Å²) in [5.41, 5.74) is 1.65. The van der Waals surface area contributed by atoms with Gasteiger partial charge < -0.3 is 16.0 Å². The molecule has 0 fully saturated rings. The SMILES string of the molecule is CCC(C)Nc1cc(Nc2ccc(NC(C)=O)cc2)ncn1. The Morgan fingerprint density at radius 3 is 2.41 bits per heavy atom. The van der Waals surface area contributed by atoms with E-state index in [-0.39, 0.29) is 5.91 Å². The number of anilines is 4. The van der Waals surface area contributed by atoms with Crippen LogP contribution in [0.4, 0.5) is 23.0 Å². The average Bonchev–Trinajstić information content (AvgIpc) is 2.49. The minimum atomic E-state index is -0.0859. The molecule has 1 unspecified atom stereocenters. The van der Waals surface area contributed by atoms with E-state index < -0.39 is 0 Å². The maximum absolute atomic E-state index is 11.0. The fourth-order valence-electron chi connectivity index (χ4n) is 1.85. The summed E-state index contributed by atoms with van der Waals surface area (Å²) in [5.74, 6) is 1.42. The first kappa shape index (κ1) is 15.8. The average molecular weight is 299 g/mol. The van der Waals surface area contributed by atoms with Crippen molar-refractivity contribution in [2.24, 2.45) is 0 Å². The van der Waals surface area contributed by atoms with Crippen molar-refractivity contribution in [3.8, 4) is 0 Å². The van der Waals surface area contributed by atoms with Gasteiger partial charge in [-0.2, -0.15) is 0 Å². The van der Waals surface area contributed by atoms with E-state index in [0.29, 0.717) is 11.9 Å². The van der Waals surface area contributed by atoms with Gasteiger partial charge in [0, 0.05) is 30.4 Å². The number of carbonyl (C=O) groups excluding carboxylic acids is 1. The van der Waals surface area contributed by atoms with Crippen LogP contribution in [-0.4, -0.2) is 21.9 Å². The van der Waals surface area contributed by atoms with Crippen LogP contribution in [0.3, 0.4) is 0 Å². The van der Waals surface area contributed by atoms with E-state index in [1.54, 1.807) is 0 Å². The minimum absolute atomic E-state index is 0.0859. The van der Waals surface area contributed by atoms with Gasteiger partial charge in [-0.05, 0) is 37.6 Å². The molecule has 3 N–H and O–H groups in total. The highest BCUT2D eigenvalue weighted by Crippen LogP contribution is 2.19. The number of carbonyl (C=O) groups is 1. The second-order valence-corrected chi connectivity index (χ2v) is 5.13. The zero-order chi connectivity index (χ0) is 15.9. The Morgan fingerprint density at radius 2 is 1.77 bits per heavy atom. The van der Waals surface area contributed by atoms with Gasteiger partial charge in [0.05, 0.1) is 0 Å². The zero-order valence-electron chi connectivity index (χ0n) is 13.1. The van der Waals surface area contributed by atoms with Gasteiger partial charge >= 0.3 is 0 Å². The molecule has 116 valence electrons.